The van der Waals surface area contributed by atoms with E-state index in [-0.39, 0.29) is 6.10 Å². The van der Waals surface area contributed by atoms with Crippen LogP contribution < -0.4 is 0 Å². The van der Waals surface area contributed by atoms with E-state index < -0.39 is 12.3 Å². The Labute approximate surface area is 76.5 Å². The molecular formula is C9H13FO3. The van der Waals surface area contributed by atoms with Gasteiger partial charge in [0.15, 0.2) is 0 Å². The van der Waals surface area contributed by atoms with Crippen LogP contribution in [0, 0.1) is 0 Å². The molecule has 3 nitrogen and oxygen atoms in total. The molecule has 0 bridgehead atoms. The second-order valence-corrected chi connectivity index (χ2v) is 2.82. The van der Waals surface area contributed by atoms with E-state index in [4.69, 9.17) is 4.74 Å². The van der Waals surface area contributed by atoms with Gasteiger partial charge in [0, 0.05) is 0 Å². The molecule has 0 unspecified atom stereocenters. The van der Waals surface area contributed by atoms with Gasteiger partial charge in [-0.05, 0) is 25.8 Å². The zero-order valence-electron chi connectivity index (χ0n) is 7.53. The van der Waals surface area contributed by atoms with Gasteiger partial charge in [-0.25, -0.2) is 9.18 Å². The van der Waals surface area contributed by atoms with Crippen LogP contribution in [-0.4, -0.2) is 25.0 Å². The fourth-order valence-corrected chi connectivity index (χ4v) is 1.13. The predicted octanol–water partition coefficient (Wildman–Crippen LogP) is 2.22. The van der Waals surface area contributed by atoms with Crippen LogP contribution in [0.5, 0.6) is 0 Å². The molecule has 0 aromatic heterocycles. The molecule has 0 heterocycles. The summed E-state index contributed by atoms with van der Waals surface area (Å²) in [4.78, 5) is 10.8. The number of halogens is 1. The van der Waals surface area contributed by atoms with Crippen LogP contribution in [0.4, 0.5) is 9.18 Å². The van der Waals surface area contributed by atoms with E-state index in [1.54, 1.807) is 13.0 Å². The third-order valence-electron chi connectivity index (χ3n) is 1.77. The van der Waals surface area contributed by atoms with E-state index >= 15 is 0 Å². The van der Waals surface area contributed by atoms with Gasteiger partial charge in [-0.2, -0.15) is 0 Å². The minimum Gasteiger partial charge on any atom is -0.435 e. The molecule has 13 heavy (non-hydrogen) atoms. The molecule has 0 fully saturated rings. The summed E-state index contributed by atoms with van der Waals surface area (Å²) < 4.78 is 22.0. The fraction of sp³-hybridized carbons (Fsp3) is 0.667. The van der Waals surface area contributed by atoms with Crippen molar-refractivity contribution in [1.29, 1.82) is 0 Å². The lowest BCUT2D eigenvalue weighted by Crippen LogP contribution is -2.21. The van der Waals surface area contributed by atoms with Gasteiger partial charge in [-0.15, -0.1) is 0 Å². The zero-order valence-corrected chi connectivity index (χ0v) is 7.53. The van der Waals surface area contributed by atoms with Crippen LogP contribution in [-0.2, 0) is 9.47 Å². The summed E-state index contributed by atoms with van der Waals surface area (Å²) >= 11 is 0. The van der Waals surface area contributed by atoms with Gasteiger partial charge in [0.25, 0.3) is 0 Å². The summed E-state index contributed by atoms with van der Waals surface area (Å²) in [6, 6.07) is 0. The molecule has 1 aliphatic carbocycles. The number of hydrogen-bond acceptors (Lipinski definition) is 3. The third-order valence-corrected chi connectivity index (χ3v) is 1.77. The van der Waals surface area contributed by atoms with Crippen molar-refractivity contribution >= 4 is 6.16 Å². The Balaban J connectivity index is 2.30. The van der Waals surface area contributed by atoms with Crippen LogP contribution >= 0.6 is 0 Å². The summed E-state index contributed by atoms with van der Waals surface area (Å²) in [5, 5.41) is 0. The highest BCUT2D eigenvalue weighted by molar-refractivity contribution is 5.60. The molecule has 0 aromatic carbocycles. The first-order valence-corrected chi connectivity index (χ1v) is 4.38. The monoisotopic (exact) mass is 188 g/mol. The van der Waals surface area contributed by atoms with Crippen molar-refractivity contribution in [3.63, 3.8) is 0 Å². The number of carbonyl (C=O) groups is 1. The van der Waals surface area contributed by atoms with Crippen molar-refractivity contribution in [3.8, 4) is 0 Å². The summed E-state index contributed by atoms with van der Waals surface area (Å²) in [7, 11) is 0. The number of carbonyl (C=O) groups excluding carboxylic acids is 1. The maximum Gasteiger partial charge on any atom is 0.508 e. The van der Waals surface area contributed by atoms with Crippen LogP contribution in [0.3, 0.4) is 0 Å². The highest BCUT2D eigenvalue weighted by atomic mass is 19.1. The Morgan fingerprint density at radius 3 is 2.85 bits per heavy atom. The normalized spacial score (nSPS) is 26.9. The van der Waals surface area contributed by atoms with E-state index in [0.29, 0.717) is 19.4 Å². The van der Waals surface area contributed by atoms with Crippen LogP contribution in [0.15, 0.2) is 12.2 Å². The van der Waals surface area contributed by atoms with Crippen molar-refractivity contribution in [1.82, 2.24) is 0 Å². The summed E-state index contributed by atoms with van der Waals surface area (Å²) in [6.07, 6.45) is 1.98. The molecular weight excluding hydrogens is 175 g/mol. The Bertz CT molecular complexity index is 203. The van der Waals surface area contributed by atoms with Crippen LogP contribution in [0.25, 0.3) is 0 Å². The van der Waals surface area contributed by atoms with Crippen molar-refractivity contribution < 1.29 is 18.7 Å². The van der Waals surface area contributed by atoms with E-state index in [9.17, 15) is 9.18 Å². The fourth-order valence-electron chi connectivity index (χ4n) is 1.13. The topological polar surface area (TPSA) is 35.5 Å². The van der Waals surface area contributed by atoms with Gasteiger partial charge in [-0.1, -0.05) is 6.08 Å². The van der Waals surface area contributed by atoms with Crippen molar-refractivity contribution in [2.75, 3.05) is 6.61 Å². The summed E-state index contributed by atoms with van der Waals surface area (Å²) in [5.41, 5.74) is 0. The lowest BCUT2D eigenvalue weighted by atomic mass is 10.0. The molecule has 0 N–H and O–H groups in total. The standard InChI is InChI=1S/C9H13FO3/c1-2-12-9(11)13-8-5-3-7(10)4-6-8/h3,5,7-8H,2,4,6H2,1H3/t7-,8+/m1/s1. The minimum atomic E-state index is -0.901. The summed E-state index contributed by atoms with van der Waals surface area (Å²) in [6.45, 7) is 2.00. The van der Waals surface area contributed by atoms with E-state index in [2.05, 4.69) is 4.74 Å². The Morgan fingerprint density at radius 2 is 2.31 bits per heavy atom. The first kappa shape index (κ1) is 10.0. The molecule has 74 valence electrons. The second-order valence-electron chi connectivity index (χ2n) is 2.82. The number of rotatable bonds is 2. The molecule has 0 amide bonds. The molecule has 0 aromatic rings. The van der Waals surface area contributed by atoms with Gasteiger partial charge in [0.1, 0.15) is 12.3 Å². The predicted molar refractivity (Wildman–Crippen MR) is 45.2 cm³/mol. The van der Waals surface area contributed by atoms with Gasteiger partial charge in [-0.3, -0.25) is 0 Å². The maximum atomic E-state index is 12.6. The SMILES string of the molecule is CCOC(=O)O[C@H]1C=C[C@@H](F)CC1. The molecule has 0 spiro atoms. The zero-order chi connectivity index (χ0) is 9.68. The Morgan fingerprint density at radius 1 is 1.54 bits per heavy atom. The Hall–Kier alpha value is -1.06. The van der Waals surface area contributed by atoms with Crippen LogP contribution in [0.2, 0.25) is 0 Å². The number of hydrogen-bond donors (Lipinski definition) is 0. The lowest BCUT2D eigenvalue weighted by molar-refractivity contribution is 0.0343. The quantitative estimate of drug-likeness (QED) is 0.492. The molecule has 1 rings (SSSR count). The number of alkyl halides is 1. The molecule has 4 heteroatoms. The van der Waals surface area contributed by atoms with E-state index in [1.165, 1.54) is 6.08 Å². The van der Waals surface area contributed by atoms with Gasteiger partial charge in [0.2, 0.25) is 0 Å². The van der Waals surface area contributed by atoms with Crippen LogP contribution in [0.1, 0.15) is 19.8 Å². The highest BCUT2D eigenvalue weighted by Crippen LogP contribution is 2.16. The molecule has 2 atom stereocenters. The van der Waals surface area contributed by atoms with Gasteiger partial charge < -0.3 is 9.47 Å². The molecule has 0 saturated carbocycles. The smallest absolute Gasteiger partial charge is 0.435 e. The molecule has 0 saturated heterocycles. The number of allylic oxidation sites excluding steroid dienone is 1. The summed E-state index contributed by atoms with van der Waals surface area (Å²) in [5.74, 6) is 0. The van der Waals surface area contributed by atoms with Gasteiger partial charge >= 0.3 is 6.16 Å². The molecule has 0 aliphatic heterocycles. The van der Waals surface area contributed by atoms with E-state index in [1.807, 2.05) is 0 Å². The largest absolute Gasteiger partial charge is 0.508 e. The minimum absolute atomic E-state index is 0.293. The van der Waals surface area contributed by atoms with Crippen molar-refractivity contribution in [2.24, 2.45) is 0 Å². The lowest BCUT2D eigenvalue weighted by Gasteiger charge is -2.18. The average molecular weight is 188 g/mol. The molecule has 1 aliphatic rings. The van der Waals surface area contributed by atoms with E-state index in [0.717, 1.165) is 0 Å². The third kappa shape index (κ3) is 3.44. The van der Waals surface area contributed by atoms with Crippen molar-refractivity contribution in [3.05, 3.63) is 12.2 Å². The maximum absolute atomic E-state index is 12.6. The molecule has 0 radical (unpaired) electrons. The van der Waals surface area contributed by atoms with Gasteiger partial charge in [0.05, 0.1) is 6.61 Å². The highest BCUT2D eigenvalue weighted by Gasteiger charge is 2.18. The Kier molecular flexibility index (Phi) is 3.73. The first-order chi connectivity index (χ1) is 6.22. The number of ether oxygens (including phenoxy) is 2. The second kappa shape index (κ2) is 4.84. The first-order valence-electron chi connectivity index (χ1n) is 4.38. The average Bonchev–Trinajstić information content (AvgIpc) is 2.09. The van der Waals surface area contributed by atoms with Crippen molar-refractivity contribution in [2.45, 2.75) is 32.0 Å².